The summed E-state index contributed by atoms with van der Waals surface area (Å²) < 4.78 is 30.4. The molecule has 36 heavy (non-hydrogen) atoms. The number of rotatable bonds is 9. The smallest absolute Gasteiger partial charge is 0.178 e. The SMILES string of the molecule is [3H]POc1ccc2c(c1)OC(c1ccc(OCCN3CCCCC3)cc1)C(c1ccc(OP)cc1)C2=O. The van der Waals surface area contributed by atoms with Gasteiger partial charge in [0.25, 0.3) is 0 Å². The van der Waals surface area contributed by atoms with Gasteiger partial charge in [0.15, 0.2) is 5.78 Å². The van der Waals surface area contributed by atoms with Gasteiger partial charge in [0.1, 0.15) is 35.7 Å². The molecule has 8 heteroatoms. The molecule has 4 atom stereocenters. The molecule has 188 valence electrons. The van der Waals surface area contributed by atoms with Crippen molar-refractivity contribution in [2.75, 3.05) is 26.2 Å². The molecule has 0 amide bonds. The zero-order valence-electron chi connectivity index (χ0n) is 21.0. The third kappa shape index (κ3) is 5.52. The van der Waals surface area contributed by atoms with Crippen molar-refractivity contribution in [2.45, 2.75) is 31.3 Å². The number of piperidine rings is 1. The van der Waals surface area contributed by atoms with Crippen LogP contribution in [0.2, 0.25) is 0 Å². The summed E-state index contributed by atoms with van der Waals surface area (Å²) in [6, 6.07) is 20.4. The quantitative estimate of drug-likeness (QED) is 0.320. The first-order chi connectivity index (χ1) is 18.2. The first-order valence-electron chi connectivity index (χ1n) is 12.8. The molecule has 0 bridgehead atoms. The van der Waals surface area contributed by atoms with Crippen molar-refractivity contribution in [3.8, 4) is 23.0 Å². The second-order valence-electron chi connectivity index (χ2n) is 9.15. The van der Waals surface area contributed by atoms with Gasteiger partial charge >= 0.3 is 0 Å². The summed E-state index contributed by atoms with van der Waals surface area (Å²) in [6.45, 7) is 3.88. The molecule has 1 saturated heterocycles. The van der Waals surface area contributed by atoms with Crippen LogP contribution < -0.4 is 18.5 Å². The molecule has 0 radical (unpaired) electrons. The number of ether oxygens (including phenoxy) is 2. The molecule has 0 spiro atoms. The Kier molecular flexibility index (Phi) is 7.65. The highest BCUT2D eigenvalue weighted by Crippen LogP contribution is 2.45. The molecule has 2 heterocycles. The Bertz CT molecular complexity index is 1200. The Morgan fingerprint density at radius 1 is 0.889 bits per heavy atom. The molecule has 2 aliphatic rings. The monoisotopic (exact) mass is 525 g/mol. The summed E-state index contributed by atoms with van der Waals surface area (Å²) in [5, 5.41) is 0. The van der Waals surface area contributed by atoms with Crippen LogP contribution in [0.25, 0.3) is 0 Å². The highest BCUT2D eigenvalue weighted by atomic mass is 31.0. The van der Waals surface area contributed by atoms with Crippen molar-refractivity contribution in [1.29, 1.82) is 1.28 Å². The maximum atomic E-state index is 13.8. The summed E-state index contributed by atoms with van der Waals surface area (Å²) in [5.41, 5.74) is 2.24. The lowest BCUT2D eigenvalue weighted by molar-refractivity contribution is 0.0781. The minimum Gasteiger partial charge on any atom is -0.492 e. The van der Waals surface area contributed by atoms with E-state index in [2.05, 4.69) is 14.4 Å². The summed E-state index contributed by atoms with van der Waals surface area (Å²) in [6.07, 6.45) is 3.33. The average Bonchev–Trinajstić information content (AvgIpc) is 2.94. The van der Waals surface area contributed by atoms with Gasteiger partial charge in [-0.05, 0) is 73.5 Å². The third-order valence-electron chi connectivity index (χ3n) is 6.88. The van der Waals surface area contributed by atoms with Gasteiger partial charge in [0.2, 0.25) is 0 Å². The van der Waals surface area contributed by atoms with E-state index < -0.39 is 21.4 Å². The molecule has 2 aliphatic heterocycles. The highest BCUT2D eigenvalue weighted by molar-refractivity contribution is 7.10. The molecule has 0 aliphatic carbocycles. The summed E-state index contributed by atoms with van der Waals surface area (Å²) >= 11 is 0. The van der Waals surface area contributed by atoms with Crippen molar-refractivity contribution < 1.29 is 23.3 Å². The van der Waals surface area contributed by atoms with Crippen LogP contribution in [-0.4, -0.2) is 38.2 Å². The molecule has 3 aromatic rings. The summed E-state index contributed by atoms with van der Waals surface area (Å²) in [4.78, 5) is 16.2. The Hall–Kier alpha value is -2.65. The Labute approximate surface area is 218 Å². The van der Waals surface area contributed by atoms with E-state index in [4.69, 9.17) is 19.8 Å². The third-order valence-corrected chi connectivity index (χ3v) is 7.39. The number of ketones is 1. The number of fused-ring (bicyclic) bond motifs is 1. The topological polar surface area (TPSA) is 57.2 Å². The maximum absolute atomic E-state index is 13.8. The van der Waals surface area contributed by atoms with E-state index in [1.54, 1.807) is 18.2 Å². The van der Waals surface area contributed by atoms with Crippen LogP contribution in [0.4, 0.5) is 0 Å². The lowest BCUT2D eigenvalue weighted by atomic mass is 9.81. The lowest BCUT2D eigenvalue weighted by Crippen LogP contribution is -2.33. The zero-order valence-corrected chi connectivity index (χ0v) is 22.2. The van der Waals surface area contributed by atoms with Gasteiger partial charge in [-0.3, -0.25) is 9.69 Å². The number of benzene rings is 3. The van der Waals surface area contributed by atoms with Gasteiger partial charge in [0, 0.05) is 12.6 Å². The fourth-order valence-corrected chi connectivity index (χ4v) is 5.23. The van der Waals surface area contributed by atoms with Crippen LogP contribution >= 0.6 is 18.9 Å². The Balaban J connectivity index is 1.38. The second kappa shape index (κ2) is 11.6. The number of hydrogen-bond acceptors (Lipinski definition) is 6. The number of nitrogens with zero attached hydrogens (tertiary/aromatic N) is 1. The lowest BCUT2D eigenvalue weighted by Gasteiger charge is -2.33. The summed E-state index contributed by atoms with van der Waals surface area (Å²) in [7, 11) is 1.79. The van der Waals surface area contributed by atoms with Crippen molar-refractivity contribution in [3.05, 3.63) is 83.4 Å². The Morgan fingerprint density at radius 2 is 1.58 bits per heavy atom. The largest absolute Gasteiger partial charge is 0.492 e. The van der Waals surface area contributed by atoms with Crippen LogP contribution in [0.5, 0.6) is 23.0 Å². The van der Waals surface area contributed by atoms with Gasteiger partial charge in [-0.15, -0.1) is 0 Å². The van der Waals surface area contributed by atoms with Gasteiger partial charge in [-0.25, -0.2) is 0 Å². The van der Waals surface area contributed by atoms with Crippen LogP contribution in [-0.2, 0) is 0 Å². The molecule has 4 unspecified atom stereocenters. The molecule has 3 aromatic carbocycles. The van der Waals surface area contributed by atoms with E-state index >= 15 is 0 Å². The normalized spacial score (nSPS) is 20.5. The molecule has 0 saturated carbocycles. The fraction of sp³-hybridized carbons (Fsp3) is 0.321. The summed E-state index contributed by atoms with van der Waals surface area (Å²) in [5.74, 6) is 1.92. The van der Waals surface area contributed by atoms with E-state index in [1.807, 2.05) is 48.5 Å². The number of hydrogen-bond donors (Lipinski definition) is 0. The molecule has 5 rings (SSSR count). The number of likely N-dealkylation sites (tertiary alicyclic amines) is 1. The van der Waals surface area contributed by atoms with Gasteiger partial charge in [-0.2, -0.15) is 0 Å². The maximum Gasteiger partial charge on any atom is 0.178 e. The standard InChI is InChI=1S/C28H31NO5P2/c30-27-24-13-12-23(34-36)18-25(24)32-28(26(27)19-4-10-22(33-35)11-5-19)20-6-8-21(9-7-20)31-17-16-29-14-2-1-3-15-29/h4-13,18,26,28H,1-3,14-17,35-36H2/i36T. The predicted octanol–water partition coefficient (Wildman–Crippen LogP) is 5.99. The van der Waals surface area contributed by atoms with E-state index in [-0.39, 0.29) is 5.78 Å². The zero-order chi connectivity index (χ0) is 25.6. The molecule has 6 nitrogen and oxygen atoms in total. The molecule has 0 N–H and O–H groups in total. The van der Waals surface area contributed by atoms with Crippen molar-refractivity contribution in [3.63, 3.8) is 0 Å². The van der Waals surface area contributed by atoms with Crippen molar-refractivity contribution in [1.82, 2.24) is 4.90 Å². The number of carbonyl (C=O) groups is 1. The van der Waals surface area contributed by atoms with Crippen LogP contribution in [0.15, 0.2) is 66.7 Å². The average molecular weight is 526 g/mol. The predicted molar refractivity (Wildman–Crippen MR) is 146 cm³/mol. The van der Waals surface area contributed by atoms with Crippen molar-refractivity contribution >= 4 is 24.7 Å². The van der Waals surface area contributed by atoms with Gasteiger partial charge < -0.3 is 18.5 Å². The molecular weight excluding hydrogens is 492 g/mol. The van der Waals surface area contributed by atoms with Gasteiger partial charge in [0.05, 0.1) is 31.6 Å². The van der Waals surface area contributed by atoms with Gasteiger partial charge in [-0.1, -0.05) is 30.7 Å². The van der Waals surface area contributed by atoms with Crippen molar-refractivity contribution in [2.24, 2.45) is 0 Å². The van der Waals surface area contributed by atoms with Crippen LogP contribution in [0, 0.1) is 0 Å². The fourth-order valence-electron chi connectivity index (χ4n) is 4.95. The highest BCUT2D eigenvalue weighted by Gasteiger charge is 2.39. The molecule has 0 aromatic heterocycles. The van der Waals surface area contributed by atoms with E-state index in [1.165, 1.54) is 19.3 Å². The van der Waals surface area contributed by atoms with E-state index in [9.17, 15) is 4.79 Å². The van der Waals surface area contributed by atoms with E-state index in [0.717, 1.165) is 36.5 Å². The van der Waals surface area contributed by atoms with E-state index in [0.29, 0.717) is 29.4 Å². The molecular formula is C28H31NO5P2. The first-order valence-corrected chi connectivity index (χ1v) is 13.1. The van der Waals surface area contributed by atoms with Crippen LogP contribution in [0.1, 0.15) is 52.8 Å². The Morgan fingerprint density at radius 3 is 2.31 bits per heavy atom. The minimum absolute atomic E-state index is 0.0208. The first kappa shape index (κ1) is 23.7. The van der Waals surface area contributed by atoms with Crippen LogP contribution in [0.3, 0.4) is 0 Å². The number of Topliss-reactive ketones (excluding diaryl/α,β-unsaturated/α-hetero) is 1. The molecule has 1 fully saturated rings. The minimum atomic E-state index is -0.529. The number of carbonyl (C=O) groups excluding carboxylic acids is 1. The second-order valence-corrected chi connectivity index (χ2v) is 9.59.